The summed E-state index contributed by atoms with van der Waals surface area (Å²) >= 11 is 1.43. The zero-order chi connectivity index (χ0) is 19.5. The minimum atomic E-state index is -0.284. The summed E-state index contributed by atoms with van der Waals surface area (Å²) in [7, 11) is 0. The number of carbonyl (C=O) groups excluding carboxylic acids is 1. The Hall–Kier alpha value is -2.61. The minimum absolute atomic E-state index is 0.0736. The SMILES string of the molecule is Cc1cnc(Sc2ccc(C3c4cn[nH]c4N=C4CC(C)(C)CC(=O)C43)o2)[nH]1. The molecule has 8 heteroatoms. The van der Waals surface area contributed by atoms with Crippen molar-refractivity contribution in [2.75, 3.05) is 0 Å². The highest BCUT2D eigenvalue weighted by Gasteiger charge is 2.47. The van der Waals surface area contributed by atoms with E-state index in [2.05, 4.69) is 34.0 Å². The molecule has 1 saturated carbocycles. The Morgan fingerprint density at radius 2 is 2.07 bits per heavy atom. The van der Waals surface area contributed by atoms with Crippen LogP contribution in [0.1, 0.15) is 49.6 Å². The van der Waals surface area contributed by atoms with Crippen molar-refractivity contribution in [1.82, 2.24) is 20.2 Å². The molecule has 2 N–H and O–H groups in total. The Kier molecular flexibility index (Phi) is 3.87. The number of carbonyl (C=O) groups is 1. The molecule has 0 bridgehead atoms. The third-order valence-electron chi connectivity index (χ3n) is 5.38. The number of nitrogens with zero attached hydrogens (tertiary/aromatic N) is 3. The van der Waals surface area contributed by atoms with Gasteiger partial charge >= 0.3 is 0 Å². The molecule has 1 aliphatic carbocycles. The maximum Gasteiger partial charge on any atom is 0.173 e. The Morgan fingerprint density at radius 3 is 2.86 bits per heavy atom. The van der Waals surface area contributed by atoms with Gasteiger partial charge in [-0.15, -0.1) is 0 Å². The second-order valence-corrected chi connectivity index (χ2v) is 9.34. The highest BCUT2D eigenvalue weighted by molar-refractivity contribution is 7.99. The lowest BCUT2D eigenvalue weighted by Crippen LogP contribution is -2.42. The molecule has 28 heavy (non-hydrogen) atoms. The van der Waals surface area contributed by atoms with E-state index in [1.54, 1.807) is 12.4 Å². The van der Waals surface area contributed by atoms with E-state index in [9.17, 15) is 4.79 Å². The first kappa shape index (κ1) is 17.5. The number of nitrogens with one attached hydrogen (secondary N) is 2. The Labute approximate surface area is 166 Å². The smallest absolute Gasteiger partial charge is 0.173 e. The lowest BCUT2D eigenvalue weighted by atomic mass is 9.65. The van der Waals surface area contributed by atoms with Gasteiger partial charge in [-0.3, -0.25) is 9.89 Å². The van der Waals surface area contributed by atoms with Crippen molar-refractivity contribution < 1.29 is 9.21 Å². The third-order valence-corrected chi connectivity index (χ3v) is 6.20. The van der Waals surface area contributed by atoms with Crippen LogP contribution in [-0.2, 0) is 4.79 Å². The van der Waals surface area contributed by atoms with E-state index in [4.69, 9.17) is 9.41 Å². The van der Waals surface area contributed by atoms with Gasteiger partial charge in [0.2, 0.25) is 0 Å². The van der Waals surface area contributed by atoms with Gasteiger partial charge in [-0.05, 0) is 42.7 Å². The van der Waals surface area contributed by atoms with Crippen LogP contribution >= 0.6 is 11.8 Å². The summed E-state index contributed by atoms with van der Waals surface area (Å²) < 4.78 is 6.17. The number of imidazole rings is 1. The van der Waals surface area contributed by atoms with Crippen molar-refractivity contribution in [1.29, 1.82) is 0 Å². The summed E-state index contributed by atoms with van der Waals surface area (Å²) in [5.74, 6) is 1.23. The second-order valence-electron chi connectivity index (χ2n) is 8.35. The number of rotatable bonds is 3. The van der Waals surface area contributed by atoms with Gasteiger partial charge in [0.1, 0.15) is 11.5 Å². The third kappa shape index (κ3) is 2.92. The summed E-state index contributed by atoms with van der Waals surface area (Å²) in [6, 6.07) is 3.88. The van der Waals surface area contributed by atoms with Gasteiger partial charge in [-0.25, -0.2) is 9.98 Å². The zero-order valence-corrected chi connectivity index (χ0v) is 16.8. The Bertz CT molecular complexity index is 1090. The number of ketones is 1. The van der Waals surface area contributed by atoms with E-state index in [1.165, 1.54) is 11.8 Å². The molecule has 2 atom stereocenters. The molecule has 0 amide bonds. The molecule has 0 spiro atoms. The molecular weight excluding hydrogens is 374 g/mol. The number of aryl methyl sites for hydroxylation is 1. The van der Waals surface area contributed by atoms with Crippen molar-refractivity contribution in [2.45, 2.75) is 49.8 Å². The number of hydrogen-bond acceptors (Lipinski definition) is 6. The van der Waals surface area contributed by atoms with E-state index in [1.807, 2.05) is 19.1 Å². The van der Waals surface area contributed by atoms with E-state index in [-0.39, 0.29) is 23.0 Å². The van der Waals surface area contributed by atoms with Gasteiger partial charge in [-0.1, -0.05) is 13.8 Å². The molecule has 2 aliphatic rings. The van der Waals surface area contributed by atoms with Crippen molar-refractivity contribution in [3.63, 3.8) is 0 Å². The van der Waals surface area contributed by atoms with Crippen LogP contribution in [0.4, 0.5) is 5.82 Å². The zero-order valence-electron chi connectivity index (χ0n) is 15.9. The van der Waals surface area contributed by atoms with Gasteiger partial charge in [0.05, 0.1) is 18.0 Å². The standard InChI is InChI=1S/C20H21N5O2S/c1-10-8-21-19(23-10)28-15-5-4-14(27-15)16-11-9-22-25-18(11)24-12-6-20(2,3)7-13(26)17(12)16/h4-5,8-9,16-17H,6-7H2,1-3H3,(H,21,23)(H,22,25). The quantitative estimate of drug-likeness (QED) is 0.684. The van der Waals surface area contributed by atoms with E-state index in [0.29, 0.717) is 6.42 Å². The normalized spacial score (nSPS) is 23.2. The molecule has 1 aliphatic heterocycles. The molecule has 0 radical (unpaired) electrons. The van der Waals surface area contributed by atoms with E-state index in [0.717, 1.165) is 45.2 Å². The Balaban J connectivity index is 1.52. The topological polar surface area (TPSA) is 99.9 Å². The number of aromatic nitrogens is 4. The number of hydrogen-bond donors (Lipinski definition) is 2. The van der Waals surface area contributed by atoms with Crippen LogP contribution in [0.5, 0.6) is 0 Å². The van der Waals surface area contributed by atoms with Crippen molar-refractivity contribution in [3.05, 3.63) is 41.5 Å². The number of aliphatic imine (C=N–C) groups is 1. The Morgan fingerprint density at radius 1 is 1.21 bits per heavy atom. The van der Waals surface area contributed by atoms with Crippen molar-refractivity contribution in [2.24, 2.45) is 16.3 Å². The first-order chi connectivity index (χ1) is 13.4. The number of H-pyrrole nitrogens is 2. The average molecular weight is 395 g/mol. The van der Waals surface area contributed by atoms with E-state index >= 15 is 0 Å². The average Bonchev–Trinajstić information content (AvgIpc) is 3.33. The predicted octanol–water partition coefficient (Wildman–Crippen LogP) is 4.41. The summed E-state index contributed by atoms with van der Waals surface area (Å²) in [6.07, 6.45) is 4.90. The molecule has 4 heterocycles. The lowest BCUT2D eigenvalue weighted by molar-refractivity contribution is -0.124. The fraction of sp³-hybridized carbons (Fsp3) is 0.400. The second kappa shape index (κ2) is 6.20. The molecule has 5 rings (SSSR count). The molecule has 3 aromatic rings. The van der Waals surface area contributed by atoms with Gasteiger partial charge in [0, 0.05) is 29.6 Å². The van der Waals surface area contributed by atoms with Crippen molar-refractivity contribution in [3.8, 4) is 0 Å². The van der Waals surface area contributed by atoms with Crippen LogP contribution < -0.4 is 0 Å². The number of aromatic amines is 2. The van der Waals surface area contributed by atoms with Gasteiger partial charge in [-0.2, -0.15) is 5.10 Å². The minimum Gasteiger partial charge on any atom is -0.454 e. The van der Waals surface area contributed by atoms with E-state index < -0.39 is 0 Å². The highest BCUT2D eigenvalue weighted by atomic mass is 32.2. The predicted molar refractivity (Wildman–Crippen MR) is 105 cm³/mol. The van der Waals surface area contributed by atoms with Crippen LogP contribution in [0, 0.1) is 18.3 Å². The molecule has 3 aromatic heterocycles. The first-order valence-corrected chi connectivity index (χ1v) is 10.1. The van der Waals surface area contributed by atoms with Crippen LogP contribution in [0.15, 0.2) is 44.2 Å². The maximum atomic E-state index is 13.1. The summed E-state index contributed by atoms with van der Waals surface area (Å²) in [4.78, 5) is 25.3. The van der Waals surface area contributed by atoms with Gasteiger partial charge in [0.25, 0.3) is 0 Å². The molecule has 0 saturated heterocycles. The van der Waals surface area contributed by atoms with Crippen molar-refractivity contribution >= 4 is 29.1 Å². The van der Waals surface area contributed by atoms with Crippen LogP contribution in [-0.4, -0.2) is 31.7 Å². The largest absolute Gasteiger partial charge is 0.454 e. The molecule has 7 nitrogen and oxygen atoms in total. The highest BCUT2D eigenvalue weighted by Crippen LogP contribution is 2.48. The van der Waals surface area contributed by atoms with Crippen LogP contribution in [0.3, 0.4) is 0 Å². The maximum absolute atomic E-state index is 13.1. The summed E-state index contributed by atoms with van der Waals surface area (Å²) in [5, 5.41) is 8.66. The summed E-state index contributed by atoms with van der Waals surface area (Å²) in [6.45, 7) is 6.20. The number of fused-ring (bicyclic) bond motifs is 2. The van der Waals surface area contributed by atoms with Gasteiger partial charge < -0.3 is 9.40 Å². The fourth-order valence-corrected chi connectivity index (χ4v) is 5.04. The molecular formula is C20H21N5O2S. The lowest BCUT2D eigenvalue weighted by Gasteiger charge is -2.39. The monoisotopic (exact) mass is 395 g/mol. The molecule has 1 fully saturated rings. The molecule has 0 aromatic carbocycles. The number of Topliss-reactive ketones (excluding diaryl/α,β-unsaturated/α-hetero) is 1. The van der Waals surface area contributed by atoms with Crippen LogP contribution in [0.25, 0.3) is 0 Å². The molecule has 144 valence electrons. The summed E-state index contributed by atoms with van der Waals surface area (Å²) in [5.41, 5.74) is 2.77. The van der Waals surface area contributed by atoms with Gasteiger partial charge in [0.15, 0.2) is 16.1 Å². The molecule has 2 unspecified atom stereocenters. The fourth-order valence-electron chi connectivity index (χ4n) is 4.26. The first-order valence-electron chi connectivity index (χ1n) is 9.32. The number of furan rings is 1. The van der Waals surface area contributed by atoms with Crippen LogP contribution in [0.2, 0.25) is 0 Å².